The number of aliphatic hydroxyl groups excluding tert-OH is 1. The second-order valence-corrected chi connectivity index (χ2v) is 9.65. The van der Waals surface area contributed by atoms with E-state index in [1.54, 1.807) is 36.4 Å². The molecule has 2 N–H and O–H groups in total. The third kappa shape index (κ3) is 4.83. The number of furan rings is 1. The Hall–Kier alpha value is -4.09. The van der Waals surface area contributed by atoms with Crippen LogP contribution in [0.4, 0.5) is 10.1 Å². The van der Waals surface area contributed by atoms with Crippen molar-refractivity contribution in [3.8, 4) is 28.6 Å². The van der Waals surface area contributed by atoms with E-state index >= 15 is 0 Å². The van der Waals surface area contributed by atoms with Gasteiger partial charge in [-0.05, 0) is 42.5 Å². The molecular formula is C25H22FNO8S. The Labute approximate surface area is 206 Å². The zero-order valence-corrected chi connectivity index (χ0v) is 20.1. The van der Waals surface area contributed by atoms with Crippen molar-refractivity contribution in [2.75, 3.05) is 30.8 Å². The zero-order chi connectivity index (χ0) is 26.0. The molecule has 0 amide bonds. The molecule has 9 nitrogen and oxygen atoms in total. The zero-order valence-electron chi connectivity index (χ0n) is 19.3. The fourth-order valence-electron chi connectivity index (χ4n) is 3.77. The quantitative estimate of drug-likeness (QED) is 0.334. The predicted molar refractivity (Wildman–Crippen MR) is 131 cm³/mol. The van der Waals surface area contributed by atoms with Crippen molar-refractivity contribution in [2.24, 2.45) is 0 Å². The second kappa shape index (κ2) is 9.88. The van der Waals surface area contributed by atoms with Crippen molar-refractivity contribution >= 4 is 32.6 Å². The minimum absolute atomic E-state index is 0.0298. The standard InChI is InChI=1S/C25H22FNO8S/c1-33-22-13-17-21(14-19(22)27(11-12-28)36(2,31)32)35-24(23(17)25(29)30)15-7-9-16(10-8-15)34-20-6-4-3-5-18(20)26/h3-10,13-14,28H,11-12H2,1-2H3,(H,29,30). The van der Waals surface area contributed by atoms with Gasteiger partial charge < -0.3 is 24.1 Å². The molecule has 0 aliphatic rings. The van der Waals surface area contributed by atoms with Gasteiger partial charge in [0.05, 0.1) is 32.2 Å². The molecule has 0 bridgehead atoms. The van der Waals surface area contributed by atoms with Crippen molar-refractivity contribution in [1.82, 2.24) is 0 Å². The maximum atomic E-state index is 13.9. The van der Waals surface area contributed by atoms with Gasteiger partial charge >= 0.3 is 5.97 Å². The fraction of sp³-hybridized carbons (Fsp3) is 0.160. The number of para-hydroxylation sites is 1. The molecule has 11 heteroatoms. The molecule has 188 valence electrons. The van der Waals surface area contributed by atoms with Crippen LogP contribution in [0, 0.1) is 5.82 Å². The topological polar surface area (TPSA) is 127 Å². The maximum Gasteiger partial charge on any atom is 0.340 e. The van der Waals surface area contributed by atoms with Gasteiger partial charge in [-0.15, -0.1) is 0 Å². The summed E-state index contributed by atoms with van der Waals surface area (Å²) in [5.74, 6) is -1.31. The van der Waals surface area contributed by atoms with Crippen molar-refractivity contribution < 1.29 is 41.7 Å². The largest absolute Gasteiger partial charge is 0.495 e. The van der Waals surface area contributed by atoms with E-state index in [-0.39, 0.29) is 46.0 Å². The van der Waals surface area contributed by atoms with Crippen LogP contribution in [0.25, 0.3) is 22.3 Å². The Kier molecular flexibility index (Phi) is 6.86. The Morgan fingerprint density at radius 1 is 1.08 bits per heavy atom. The van der Waals surface area contributed by atoms with Gasteiger partial charge in [-0.2, -0.15) is 0 Å². The summed E-state index contributed by atoms with van der Waals surface area (Å²) < 4.78 is 56.2. The lowest BCUT2D eigenvalue weighted by atomic mass is 10.0. The lowest BCUT2D eigenvalue weighted by Gasteiger charge is -2.23. The summed E-state index contributed by atoms with van der Waals surface area (Å²) in [4.78, 5) is 12.2. The number of carbonyl (C=O) groups is 1. The Morgan fingerprint density at radius 3 is 2.36 bits per heavy atom. The lowest BCUT2D eigenvalue weighted by Crippen LogP contribution is -2.32. The van der Waals surface area contributed by atoms with Gasteiger partial charge in [-0.25, -0.2) is 17.6 Å². The van der Waals surface area contributed by atoms with Crippen molar-refractivity contribution in [3.63, 3.8) is 0 Å². The molecule has 36 heavy (non-hydrogen) atoms. The highest BCUT2D eigenvalue weighted by Crippen LogP contribution is 2.41. The average molecular weight is 516 g/mol. The normalized spacial score (nSPS) is 11.4. The number of aromatic carboxylic acids is 1. The van der Waals surface area contributed by atoms with E-state index < -0.39 is 28.4 Å². The number of sulfonamides is 1. The van der Waals surface area contributed by atoms with Crippen LogP contribution in [-0.2, 0) is 10.0 Å². The molecule has 0 aliphatic carbocycles. The van der Waals surface area contributed by atoms with Gasteiger partial charge in [0, 0.05) is 17.0 Å². The number of nitrogens with zero attached hydrogens (tertiary/aromatic N) is 1. The average Bonchev–Trinajstić information content (AvgIpc) is 3.21. The molecule has 0 saturated heterocycles. The Morgan fingerprint density at radius 2 is 1.78 bits per heavy atom. The maximum absolute atomic E-state index is 13.9. The van der Waals surface area contributed by atoms with Gasteiger partial charge in [0.15, 0.2) is 11.6 Å². The smallest absolute Gasteiger partial charge is 0.340 e. The molecule has 0 aliphatic heterocycles. The molecule has 0 radical (unpaired) electrons. The number of anilines is 1. The molecule has 1 aromatic heterocycles. The lowest BCUT2D eigenvalue weighted by molar-refractivity contribution is 0.0699. The molecule has 1 heterocycles. The van der Waals surface area contributed by atoms with E-state index in [1.165, 1.54) is 31.4 Å². The number of ether oxygens (including phenoxy) is 2. The second-order valence-electron chi connectivity index (χ2n) is 7.75. The number of fused-ring (bicyclic) bond motifs is 1. The molecule has 0 fully saturated rings. The highest BCUT2D eigenvalue weighted by atomic mass is 32.2. The molecule has 3 aromatic carbocycles. The number of hydrogen-bond acceptors (Lipinski definition) is 7. The van der Waals surface area contributed by atoms with Gasteiger partial charge in [-0.1, -0.05) is 12.1 Å². The van der Waals surface area contributed by atoms with Gasteiger partial charge in [0.25, 0.3) is 0 Å². The number of benzene rings is 3. The summed E-state index contributed by atoms with van der Waals surface area (Å²) in [6.45, 7) is -0.678. The third-order valence-corrected chi connectivity index (χ3v) is 6.54. The van der Waals surface area contributed by atoms with Crippen LogP contribution in [0.2, 0.25) is 0 Å². The number of carboxylic acid groups (broad SMARTS) is 1. The fourth-order valence-corrected chi connectivity index (χ4v) is 4.68. The highest BCUT2D eigenvalue weighted by molar-refractivity contribution is 7.92. The van der Waals surface area contributed by atoms with Crippen LogP contribution in [0.1, 0.15) is 10.4 Å². The highest BCUT2D eigenvalue weighted by Gasteiger charge is 2.27. The molecule has 0 atom stereocenters. The monoisotopic (exact) mass is 515 g/mol. The number of rotatable bonds is 9. The van der Waals surface area contributed by atoms with E-state index in [0.29, 0.717) is 11.3 Å². The van der Waals surface area contributed by atoms with Crippen LogP contribution in [-0.4, -0.2) is 51.1 Å². The number of hydrogen-bond donors (Lipinski definition) is 2. The Balaban J connectivity index is 1.81. The van der Waals surface area contributed by atoms with Crippen LogP contribution in [0.5, 0.6) is 17.2 Å². The number of aliphatic hydroxyl groups is 1. The molecule has 4 rings (SSSR count). The molecule has 0 unspecified atom stereocenters. The summed E-state index contributed by atoms with van der Waals surface area (Å²) in [6.07, 6.45) is 0.980. The minimum Gasteiger partial charge on any atom is -0.495 e. The molecule has 4 aromatic rings. The third-order valence-electron chi connectivity index (χ3n) is 5.36. The first-order chi connectivity index (χ1) is 17.1. The van der Waals surface area contributed by atoms with Gasteiger partial charge in [0.1, 0.15) is 28.4 Å². The summed E-state index contributed by atoms with van der Waals surface area (Å²) in [5, 5.41) is 19.5. The molecule has 0 saturated carbocycles. The van der Waals surface area contributed by atoms with E-state index in [0.717, 1.165) is 10.6 Å². The predicted octanol–water partition coefficient (Wildman–Crippen LogP) is 4.50. The molecule has 0 spiro atoms. The summed E-state index contributed by atoms with van der Waals surface area (Å²) in [6, 6.07) is 14.9. The van der Waals surface area contributed by atoms with Crippen molar-refractivity contribution in [1.29, 1.82) is 0 Å². The molecular weight excluding hydrogens is 493 g/mol. The van der Waals surface area contributed by atoms with Gasteiger partial charge in [-0.3, -0.25) is 4.31 Å². The van der Waals surface area contributed by atoms with Crippen LogP contribution in [0.3, 0.4) is 0 Å². The van der Waals surface area contributed by atoms with Crippen LogP contribution in [0.15, 0.2) is 65.1 Å². The summed E-state index contributed by atoms with van der Waals surface area (Å²) in [7, 11) is -2.47. The number of carboxylic acids is 1. The van der Waals surface area contributed by atoms with Gasteiger partial charge in [0.2, 0.25) is 10.0 Å². The van der Waals surface area contributed by atoms with Crippen LogP contribution < -0.4 is 13.8 Å². The number of halogens is 1. The minimum atomic E-state index is -3.79. The van der Waals surface area contributed by atoms with E-state index in [9.17, 15) is 27.8 Å². The summed E-state index contributed by atoms with van der Waals surface area (Å²) in [5.41, 5.74) is 0.454. The number of methoxy groups -OCH3 is 1. The van der Waals surface area contributed by atoms with Crippen molar-refractivity contribution in [2.45, 2.75) is 0 Å². The SMILES string of the molecule is COc1cc2c(C(=O)O)c(-c3ccc(Oc4ccccc4F)cc3)oc2cc1N(CCO)S(C)(=O)=O. The van der Waals surface area contributed by atoms with E-state index in [2.05, 4.69) is 0 Å². The van der Waals surface area contributed by atoms with Crippen molar-refractivity contribution in [3.05, 3.63) is 72.0 Å². The summed E-state index contributed by atoms with van der Waals surface area (Å²) >= 11 is 0. The van der Waals surface area contributed by atoms with E-state index in [1.807, 2.05) is 0 Å². The Bertz CT molecular complexity index is 1530. The first kappa shape index (κ1) is 25.0. The first-order valence-corrected chi connectivity index (χ1v) is 12.5. The first-order valence-electron chi connectivity index (χ1n) is 10.6. The van der Waals surface area contributed by atoms with E-state index in [4.69, 9.17) is 13.9 Å². The van der Waals surface area contributed by atoms with Crippen LogP contribution >= 0.6 is 0 Å².